The molecular weight excluding hydrogens is 268 g/mol. The average molecular weight is 296 g/mol. The normalized spacial score (nSPS) is 26.6. The molecule has 0 saturated carbocycles. The Morgan fingerprint density at radius 3 is 2.80 bits per heavy atom. The van der Waals surface area contributed by atoms with E-state index in [-0.39, 0.29) is 4.75 Å². The van der Waals surface area contributed by atoms with Gasteiger partial charge in [0.2, 0.25) is 0 Å². The van der Waals surface area contributed by atoms with Crippen molar-refractivity contribution in [3.8, 4) is 0 Å². The van der Waals surface area contributed by atoms with E-state index in [0.717, 1.165) is 39.4 Å². The van der Waals surface area contributed by atoms with Crippen LogP contribution in [0.5, 0.6) is 0 Å². The number of hydrogen-bond acceptors (Lipinski definition) is 4. The zero-order chi connectivity index (χ0) is 14.3. The van der Waals surface area contributed by atoms with Crippen LogP contribution in [0.1, 0.15) is 19.8 Å². The summed E-state index contributed by atoms with van der Waals surface area (Å²) < 4.78 is 5.60. The van der Waals surface area contributed by atoms with Crippen molar-refractivity contribution in [1.82, 2.24) is 4.90 Å². The second kappa shape index (κ2) is 8.23. The predicted octanol–water partition coefficient (Wildman–Crippen LogP) is 2.29. The molecule has 4 heteroatoms. The molecule has 114 valence electrons. The van der Waals surface area contributed by atoms with Gasteiger partial charge in [-0.25, -0.2) is 0 Å². The Kier molecular flexibility index (Phi) is 6.62. The van der Waals surface area contributed by atoms with Gasteiger partial charge in [-0.1, -0.05) is 24.3 Å². The molecule has 1 heterocycles. The van der Waals surface area contributed by atoms with Crippen LogP contribution in [0.25, 0.3) is 0 Å². The van der Waals surface area contributed by atoms with Crippen LogP contribution in [-0.4, -0.2) is 54.8 Å². The Bertz CT molecular complexity index is 339. The molecule has 1 aliphatic heterocycles. The quantitative estimate of drug-likeness (QED) is 0.782. The molecule has 2 aliphatic rings. The Morgan fingerprint density at radius 1 is 1.35 bits per heavy atom. The van der Waals surface area contributed by atoms with E-state index in [1.54, 1.807) is 0 Å². The molecule has 0 amide bonds. The van der Waals surface area contributed by atoms with E-state index in [1.165, 1.54) is 18.6 Å². The van der Waals surface area contributed by atoms with Crippen LogP contribution < -0.4 is 5.73 Å². The molecule has 1 fully saturated rings. The first-order valence-electron chi connectivity index (χ1n) is 7.69. The third-order valence-corrected chi connectivity index (χ3v) is 5.87. The van der Waals surface area contributed by atoms with Crippen molar-refractivity contribution in [1.29, 1.82) is 0 Å². The maximum Gasteiger partial charge on any atom is 0.0594 e. The maximum absolute atomic E-state index is 6.04. The minimum atomic E-state index is 0.202. The highest BCUT2D eigenvalue weighted by molar-refractivity contribution is 8.00. The molecule has 0 aromatic carbocycles. The standard InChI is InChI=1S/C16H28N2OS/c1-16(14-17,7-8-18-9-11-19-12-10-18)20-13-15-5-3-2-4-6-15/h2-5,15H,6-14,17H2,1H3. The third-order valence-electron chi connectivity index (χ3n) is 4.21. The minimum absolute atomic E-state index is 0.202. The van der Waals surface area contributed by atoms with Crippen molar-refractivity contribution >= 4 is 11.8 Å². The van der Waals surface area contributed by atoms with Crippen LogP contribution in [0.15, 0.2) is 24.3 Å². The highest BCUT2D eigenvalue weighted by Gasteiger charge is 2.25. The van der Waals surface area contributed by atoms with Gasteiger partial charge in [0.05, 0.1) is 13.2 Å². The molecule has 0 aromatic rings. The van der Waals surface area contributed by atoms with E-state index < -0.39 is 0 Å². The van der Waals surface area contributed by atoms with Crippen molar-refractivity contribution < 1.29 is 4.74 Å². The summed E-state index contributed by atoms with van der Waals surface area (Å²) >= 11 is 2.05. The fraction of sp³-hybridized carbons (Fsp3) is 0.750. The van der Waals surface area contributed by atoms with Crippen molar-refractivity contribution in [2.75, 3.05) is 45.1 Å². The number of thioether (sulfide) groups is 1. The van der Waals surface area contributed by atoms with E-state index in [2.05, 4.69) is 47.9 Å². The second-order valence-corrected chi connectivity index (χ2v) is 7.59. The number of nitrogens with zero attached hydrogens (tertiary/aromatic N) is 1. The van der Waals surface area contributed by atoms with Gasteiger partial charge in [-0.15, -0.1) is 0 Å². The molecular formula is C16H28N2OS. The van der Waals surface area contributed by atoms with Gasteiger partial charge in [0.1, 0.15) is 0 Å². The molecule has 0 spiro atoms. The molecule has 3 nitrogen and oxygen atoms in total. The Hall–Kier alpha value is -0.290. The summed E-state index contributed by atoms with van der Waals surface area (Å²) in [5.74, 6) is 1.86. The van der Waals surface area contributed by atoms with Gasteiger partial charge in [0.15, 0.2) is 0 Å². The monoisotopic (exact) mass is 296 g/mol. The lowest BCUT2D eigenvalue weighted by molar-refractivity contribution is 0.0364. The highest BCUT2D eigenvalue weighted by atomic mass is 32.2. The third kappa shape index (κ3) is 5.24. The van der Waals surface area contributed by atoms with E-state index >= 15 is 0 Å². The molecule has 1 saturated heterocycles. The largest absolute Gasteiger partial charge is 0.379 e. The first-order valence-corrected chi connectivity index (χ1v) is 8.68. The second-order valence-electron chi connectivity index (χ2n) is 5.98. The highest BCUT2D eigenvalue weighted by Crippen LogP contribution is 2.31. The summed E-state index contributed by atoms with van der Waals surface area (Å²) in [7, 11) is 0. The van der Waals surface area contributed by atoms with Crippen molar-refractivity contribution in [2.24, 2.45) is 11.7 Å². The fourth-order valence-corrected chi connectivity index (χ4v) is 3.73. The Morgan fingerprint density at radius 2 is 2.15 bits per heavy atom. The SMILES string of the molecule is CC(CN)(CCN1CCOCC1)SCC1C=CC=CC1. The first-order chi connectivity index (χ1) is 9.72. The van der Waals surface area contributed by atoms with Crippen LogP contribution in [-0.2, 0) is 4.74 Å². The summed E-state index contributed by atoms with van der Waals surface area (Å²) in [6.45, 7) is 8.12. The van der Waals surface area contributed by atoms with Crippen molar-refractivity contribution in [3.05, 3.63) is 24.3 Å². The zero-order valence-electron chi connectivity index (χ0n) is 12.6. The zero-order valence-corrected chi connectivity index (χ0v) is 13.4. The van der Waals surface area contributed by atoms with Gasteiger partial charge < -0.3 is 10.5 Å². The lowest BCUT2D eigenvalue weighted by atomic mass is 10.0. The fourth-order valence-electron chi connectivity index (χ4n) is 2.52. The molecule has 2 unspecified atom stereocenters. The molecule has 0 aromatic heterocycles. The van der Waals surface area contributed by atoms with Gasteiger partial charge in [0, 0.05) is 30.1 Å². The number of rotatable bonds is 7. The Labute approximate surface area is 127 Å². The van der Waals surface area contributed by atoms with E-state index in [1.807, 2.05) is 0 Å². The summed E-state index contributed by atoms with van der Waals surface area (Å²) in [6, 6.07) is 0. The van der Waals surface area contributed by atoms with Crippen LogP contribution >= 0.6 is 11.8 Å². The molecule has 2 rings (SSSR count). The number of morpholine rings is 1. The summed E-state index contributed by atoms with van der Waals surface area (Å²) in [5, 5.41) is 0. The van der Waals surface area contributed by atoms with Gasteiger partial charge in [0.25, 0.3) is 0 Å². The molecule has 1 aliphatic carbocycles. The number of allylic oxidation sites excluding steroid dienone is 4. The predicted molar refractivity (Wildman–Crippen MR) is 88.2 cm³/mol. The summed E-state index contributed by atoms with van der Waals surface area (Å²) in [6.07, 6.45) is 11.2. The lowest BCUT2D eigenvalue weighted by Gasteiger charge is -2.33. The summed E-state index contributed by atoms with van der Waals surface area (Å²) in [5.41, 5.74) is 6.04. The molecule has 2 N–H and O–H groups in total. The van der Waals surface area contributed by atoms with Crippen LogP contribution in [0.4, 0.5) is 0 Å². The molecule has 0 radical (unpaired) electrons. The van der Waals surface area contributed by atoms with E-state index in [4.69, 9.17) is 10.5 Å². The molecule has 0 bridgehead atoms. The van der Waals surface area contributed by atoms with Crippen LogP contribution in [0.2, 0.25) is 0 Å². The Balaban J connectivity index is 1.72. The van der Waals surface area contributed by atoms with Crippen LogP contribution in [0, 0.1) is 5.92 Å². The van der Waals surface area contributed by atoms with E-state index in [0.29, 0.717) is 5.92 Å². The smallest absolute Gasteiger partial charge is 0.0594 e. The van der Waals surface area contributed by atoms with Gasteiger partial charge in [-0.2, -0.15) is 11.8 Å². The average Bonchev–Trinajstić information content (AvgIpc) is 2.53. The topological polar surface area (TPSA) is 38.5 Å². The van der Waals surface area contributed by atoms with E-state index in [9.17, 15) is 0 Å². The van der Waals surface area contributed by atoms with Gasteiger partial charge in [-0.3, -0.25) is 4.90 Å². The maximum atomic E-state index is 6.04. The number of nitrogens with two attached hydrogens (primary N) is 1. The molecule has 20 heavy (non-hydrogen) atoms. The van der Waals surface area contributed by atoms with Crippen molar-refractivity contribution in [3.63, 3.8) is 0 Å². The molecule has 2 atom stereocenters. The first kappa shape index (κ1) is 16.1. The number of hydrogen-bond donors (Lipinski definition) is 1. The van der Waals surface area contributed by atoms with Crippen molar-refractivity contribution in [2.45, 2.75) is 24.5 Å². The van der Waals surface area contributed by atoms with Gasteiger partial charge in [-0.05, 0) is 32.2 Å². The van der Waals surface area contributed by atoms with Gasteiger partial charge >= 0.3 is 0 Å². The summed E-state index contributed by atoms with van der Waals surface area (Å²) in [4.78, 5) is 2.50. The lowest BCUT2D eigenvalue weighted by Crippen LogP contribution is -2.41. The minimum Gasteiger partial charge on any atom is -0.379 e. The van der Waals surface area contributed by atoms with Crippen LogP contribution in [0.3, 0.4) is 0 Å². The number of ether oxygens (including phenoxy) is 1.